The Bertz CT molecular complexity index is 1020. The zero-order chi connectivity index (χ0) is 18.8. The first-order valence-corrected chi connectivity index (χ1v) is 8.72. The molecule has 0 unspecified atom stereocenters. The van der Waals surface area contributed by atoms with Gasteiger partial charge in [0.05, 0.1) is 37.9 Å². The van der Waals surface area contributed by atoms with E-state index in [0.29, 0.717) is 32.0 Å². The molecule has 1 aliphatic heterocycles. The van der Waals surface area contributed by atoms with Gasteiger partial charge in [0.1, 0.15) is 5.56 Å². The number of carbonyl (C=O) groups is 1. The van der Waals surface area contributed by atoms with Crippen molar-refractivity contribution in [3.63, 3.8) is 0 Å². The Hall–Kier alpha value is -3.19. The van der Waals surface area contributed by atoms with Crippen molar-refractivity contribution in [2.45, 2.75) is 19.0 Å². The molecule has 138 valence electrons. The van der Waals surface area contributed by atoms with Gasteiger partial charge in [-0.05, 0) is 17.2 Å². The summed E-state index contributed by atoms with van der Waals surface area (Å²) < 4.78 is 8.46. The van der Waals surface area contributed by atoms with E-state index in [-0.39, 0.29) is 17.0 Å². The van der Waals surface area contributed by atoms with Gasteiger partial charge in [-0.1, -0.05) is 30.3 Å². The fourth-order valence-electron chi connectivity index (χ4n) is 3.10. The molecule has 7 heteroatoms. The van der Waals surface area contributed by atoms with Crippen LogP contribution >= 0.6 is 0 Å². The van der Waals surface area contributed by atoms with Crippen LogP contribution in [0.2, 0.25) is 0 Å². The van der Waals surface area contributed by atoms with Gasteiger partial charge in [0.15, 0.2) is 0 Å². The van der Waals surface area contributed by atoms with E-state index in [1.165, 1.54) is 6.07 Å². The number of hydrogen-bond acceptors (Lipinski definition) is 4. The predicted octanol–water partition coefficient (Wildman–Crippen LogP) is 1.95. The van der Waals surface area contributed by atoms with Crippen LogP contribution in [0.5, 0.6) is 0 Å². The summed E-state index contributed by atoms with van der Waals surface area (Å²) in [6.07, 6.45) is 3.34. The molecule has 1 fully saturated rings. The van der Waals surface area contributed by atoms with Gasteiger partial charge in [0.2, 0.25) is 0 Å². The van der Waals surface area contributed by atoms with Gasteiger partial charge in [-0.3, -0.25) is 9.48 Å². The summed E-state index contributed by atoms with van der Waals surface area (Å²) in [6.45, 7) is 2.03. The zero-order valence-corrected chi connectivity index (χ0v) is 14.6. The molecular weight excluding hydrogens is 346 g/mol. The molecule has 1 aromatic carbocycles. The lowest BCUT2D eigenvalue weighted by molar-refractivity contribution is 0.00597. The molecule has 4 rings (SSSR count). The Morgan fingerprint density at radius 2 is 1.81 bits per heavy atom. The van der Waals surface area contributed by atoms with Crippen molar-refractivity contribution in [1.29, 1.82) is 0 Å². The highest BCUT2D eigenvalue weighted by Gasteiger charge is 2.29. The van der Waals surface area contributed by atoms with Crippen molar-refractivity contribution in [2.24, 2.45) is 0 Å². The second-order valence-corrected chi connectivity index (χ2v) is 6.65. The second kappa shape index (κ2) is 7.20. The van der Waals surface area contributed by atoms with Crippen molar-refractivity contribution in [1.82, 2.24) is 14.3 Å². The third-order valence-electron chi connectivity index (χ3n) is 4.66. The van der Waals surface area contributed by atoms with Gasteiger partial charge in [0, 0.05) is 18.5 Å². The van der Waals surface area contributed by atoms with Gasteiger partial charge < -0.3 is 14.4 Å². The lowest BCUT2D eigenvalue weighted by atomic mass is 10.0. The molecule has 3 aromatic rings. The van der Waals surface area contributed by atoms with Gasteiger partial charge in [-0.25, -0.2) is 4.79 Å². The largest absolute Gasteiger partial charge is 0.478 e. The average Bonchev–Trinajstić information content (AvgIpc) is 3.00. The normalized spacial score (nSPS) is 14.1. The number of carboxylic acid groups (broad SMARTS) is 1. The van der Waals surface area contributed by atoms with E-state index in [4.69, 9.17) is 4.74 Å². The molecule has 0 bridgehead atoms. The van der Waals surface area contributed by atoms with Crippen molar-refractivity contribution in [3.8, 4) is 0 Å². The average molecular weight is 365 g/mol. The van der Waals surface area contributed by atoms with Crippen LogP contribution in [-0.4, -0.2) is 38.6 Å². The molecule has 1 aliphatic rings. The molecule has 0 spiro atoms. The van der Waals surface area contributed by atoms with Crippen molar-refractivity contribution in [2.75, 3.05) is 13.2 Å². The quantitative estimate of drug-likeness (QED) is 0.722. The minimum Gasteiger partial charge on any atom is -0.478 e. The summed E-state index contributed by atoms with van der Waals surface area (Å²) in [5, 5.41) is 13.9. The van der Waals surface area contributed by atoms with Crippen LogP contribution in [0.25, 0.3) is 0 Å². The molecule has 0 aliphatic carbocycles. The first kappa shape index (κ1) is 17.2. The van der Waals surface area contributed by atoms with E-state index in [1.54, 1.807) is 27.7 Å². The minimum absolute atomic E-state index is 0.0354. The summed E-state index contributed by atoms with van der Waals surface area (Å²) in [5.74, 6) is -0.907. The lowest BCUT2D eigenvalue weighted by Gasteiger charge is -2.24. The summed E-state index contributed by atoms with van der Waals surface area (Å²) >= 11 is 0. The number of benzene rings is 1. The van der Waals surface area contributed by atoms with E-state index >= 15 is 0 Å². The van der Waals surface area contributed by atoms with Gasteiger partial charge in [0.25, 0.3) is 5.56 Å². The smallest absolute Gasteiger partial charge is 0.339 e. The SMILES string of the molecule is O=C(O)c1cn(Cc2ccc(Cn3ccccc3=O)cc2)nc1C1COC1. The number of aromatic nitrogens is 3. The van der Waals surface area contributed by atoms with Crippen LogP contribution in [0.1, 0.15) is 33.1 Å². The Labute approximate surface area is 155 Å². The first-order chi connectivity index (χ1) is 13.1. The lowest BCUT2D eigenvalue weighted by Crippen LogP contribution is -2.27. The molecule has 1 N–H and O–H groups in total. The van der Waals surface area contributed by atoms with Crippen LogP contribution in [0.15, 0.2) is 59.7 Å². The molecular formula is C20H19N3O4. The molecule has 0 amide bonds. The van der Waals surface area contributed by atoms with E-state index in [9.17, 15) is 14.7 Å². The van der Waals surface area contributed by atoms with Crippen LogP contribution in [0.4, 0.5) is 0 Å². The third kappa shape index (κ3) is 3.68. The molecule has 2 aromatic heterocycles. The van der Waals surface area contributed by atoms with Crippen LogP contribution in [0.3, 0.4) is 0 Å². The van der Waals surface area contributed by atoms with Crippen LogP contribution in [-0.2, 0) is 17.8 Å². The highest BCUT2D eigenvalue weighted by atomic mass is 16.5. The monoisotopic (exact) mass is 365 g/mol. The highest BCUT2D eigenvalue weighted by molar-refractivity contribution is 5.88. The maximum Gasteiger partial charge on any atom is 0.339 e. The molecule has 1 saturated heterocycles. The Morgan fingerprint density at radius 3 is 2.41 bits per heavy atom. The number of nitrogens with zero attached hydrogens (tertiary/aromatic N) is 3. The number of carboxylic acids is 1. The minimum atomic E-state index is -0.966. The number of aromatic carboxylic acids is 1. The first-order valence-electron chi connectivity index (χ1n) is 8.72. The molecule has 0 saturated carbocycles. The third-order valence-corrected chi connectivity index (χ3v) is 4.66. The summed E-state index contributed by atoms with van der Waals surface area (Å²) in [4.78, 5) is 23.3. The van der Waals surface area contributed by atoms with E-state index in [2.05, 4.69) is 5.10 Å². The zero-order valence-electron chi connectivity index (χ0n) is 14.6. The molecule has 7 nitrogen and oxygen atoms in total. The molecule has 0 radical (unpaired) electrons. The number of ether oxygens (including phenoxy) is 1. The van der Waals surface area contributed by atoms with Gasteiger partial charge in [-0.15, -0.1) is 0 Å². The maximum absolute atomic E-state index is 11.8. The fourth-order valence-corrected chi connectivity index (χ4v) is 3.10. The highest BCUT2D eigenvalue weighted by Crippen LogP contribution is 2.26. The molecule has 3 heterocycles. The second-order valence-electron chi connectivity index (χ2n) is 6.65. The van der Waals surface area contributed by atoms with E-state index < -0.39 is 5.97 Å². The Morgan fingerprint density at radius 1 is 1.11 bits per heavy atom. The Balaban J connectivity index is 1.49. The van der Waals surface area contributed by atoms with Gasteiger partial charge in [-0.2, -0.15) is 5.10 Å². The van der Waals surface area contributed by atoms with E-state index in [1.807, 2.05) is 30.3 Å². The van der Waals surface area contributed by atoms with Crippen molar-refractivity contribution >= 4 is 5.97 Å². The summed E-state index contributed by atoms with van der Waals surface area (Å²) in [5.41, 5.74) is 2.82. The predicted molar refractivity (Wildman–Crippen MR) is 98.1 cm³/mol. The fraction of sp³-hybridized carbons (Fsp3) is 0.250. The van der Waals surface area contributed by atoms with Crippen molar-refractivity contribution in [3.05, 3.63) is 87.6 Å². The van der Waals surface area contributed by atoms with Crippen LogP contribution in [0, 0.1) is 0 Å². The number of rotatable bonds is 6. The topological polar surface area (TPSA) is 86.3 Å². The Kier molecular flexibility index (Phi) is 4.60. The summed E-state index contributed by atoms with van der Waals surface area (Å²) in [6, 6.07) is 13.0. The van der Waals surface area contributed by atoms with Gasteiger partial charge >= 0.3 is 5.97 Å². The standard InChI is InChI=1S/C20H19N3O4/c24-18-3-1-2-8-22(18)9-14-4-6-15(7-5-14)10-23-11-17(20(25)26)19(21-23)16-12-27-13-16/h1-8,11,16H,9-10,12-13H2,(H,25,26). The van der Waals surface area contributed by atoms with Crippen molar-refractivity contribution < 1.29 is 14.6 Å². The van der Waals surface area contributed by atoms with E-state index in [0.717, 1.165) is 11.1 Å². The number of pyridine rings is 1. The van der Waals surface area contributed by atoms with Crippen LogP contribution < -0.4 is 5.56 Å². The molecule has 0 atom stereocenters. The summed E-state index contributed by atoms with van der Waals surface area (Å²) in [7, 11) is 0. The maximum atomic E-state index is 11.8. The number of hydrogen-bond donors (Lipinski definition) is 1. The molecule has 27 heavy (non-hydrogen) atoms.